The van der Waals surface area contributed by atoms with Crippen LogP contribution in [0, 0.1) is 0 Å². The van der Waals surface area contributed by atoms with Gasteiger partial charge in [0.25, 0.3) is 0 Å². The van der Waals surface area contributed by atoms with Crippen LogP contribution in [-0.4, -0.2) is 39.8 Å². The van der Waals surface area contributed by atoms with Crippen molar-refractivity contribution in [2.75, 3.05) is 23.7 Å². The van der Waals surface area contributed by atoms with Crippen LogP contribution in [0.25, 0.3) is 0 Å². The second kappa shape index (κ2) is 10.1. The lowest BCUT2D eigenvalue weighted by atomic mass is 10.1. The van der Waals surface area contributed by atoms with Crippen LogP contribution in [0.3, 0.4) is 0 Å². The summed E-state index contributed by atoms with van der Waals surface area (Å²) in [7, 11) is -3.64. The van der Waals surface area contributed by atoms with E-state index in [1.54, 1.807) is 31.2 Å². The summed E-state index contributed by atoms with van der Waals surface area (Å²) < 4.78 is 31.5. The molecule has 2 rings (SSSR count). The zero-order valence-electron chi connectivity index (χ0n) is 16.6. The van der Waals surface area contributed by atoms with Crippen LogP contribution in [-0.2, 0) is 21.2 Å². The second-order valence-corrected chi connectivity index (χ2v) is 8.30. The first-order valence-corrected chi connectivity index (χ1v) is 11.3. The van der Waals surface area contributed by atoms with Crippen LogP contribution < -0.4 is 14.4 Å². The molecule has 0 aromatic heterocycles. The molecule has 2 aromatic rings. The van der Waals surface area contributed by atoms with E-state index in [4.69, 9.17) is 4.74 Å². The van der Waals surface area contributed by atoms with Gasteiger partial charge in [0.1, 0.15) is 11.8 Å². The van der Waals surface area contributed by atoms with Crippen molar-refractivity contribution in [2.45, 2.75) is 32.7 Å². The summed E-state index contributed by atoms with van der Waals surface area (Å²) in [6.07, 6.45) is 2.16. The number of hydrogen-bond acceptors (Lipinski definition) is 4. The Balaban J connectivity index is 2.14. The Kier molecular flexibility index (Phi) is 7.87. The number of amides is 1. The van der Waals surface area contributed by atoms with E-state index < -0.39 is 16.1 Å². The van der Waals surface area contributed by atoms with Gasteiger partial charge in [-0.2, -0.15) is 0 Å². The molecule has 2 aromatic carbocycles. The molecule has 1 atom stereocenters. The molecule has 0 radical (unpaired) electrons. The first-order valence-electron chi connectivity index (χ1n) is 9.40. The Morgan fingerprint density at radius 3 is 2.25 bits per heavy atom. The highest BCUT2D eigenvalue weighted by atomic mass is 32.2. The van der Waals surface area contributed by atoms with Crippen molar-refractivity contribution in [3.63, 3.8) is 0 Å². The molecule has 0 saturated heterocycles. The monoisotopic (exact) mass is 404 g/mol. The largest absolute Gasteiger partial charge is 0.494 e. The molecule has 1 N–H and O–H groups in total. The molecule has 7 heteroatoms. The summed E-state index contributed by atoms with van der Waals surface area (Å²) >= 11 is 0. The average Bonchev–Trinajstić information content (AvgIpc) is 2.67. The quantitative estimate of drug-likeness (QED) is 0.661. The summed E-state index contributed by atoms with van der Waals surface area (Å²) in [5, 5.41) is 2.87. The maximum atomic E-state index is 12.8. The molecule has 0 aliphatic carbocycles. The van der Waals surface area contributed by atoms with Gasteiger partial charge in [0.15, 0.2) is 0 Å². The topological polar surface area (TPSA) is 75.7 Å². The van der Waals surface area contributed by atoms with Crippen LogP contribution in [0.2, 0.25) is 0 Å². The minimum atomic E-state index is -3.64. The molecule has 0 unspecified atom stereocenters. The fourth-order valence-electron chi connectivity index (χ4n) is 3.01. The lowest BCUT2D eigenvalue weighted by molar-refractivity contribution is -0.122. The molecule has 0 saturated carbocycles. The number of carbonyl (C=O) groups excluding carboxylic acids is 1. The highest BCUT2D eigenvalue weighted by molar-refractivity contribution is 7.92. The van der Waals surface area contributed by atoms with E-state index in [0.717, 1.165) is 11.8 Å². The van der Waals surface area contributed by atoms with Crippen LogP contribution in [0.4, 0.5) is 5.69 Å². The van der Waals surface area contributed by atoms with Crippen molar-refractivity contribution in [3.8, 4) is 5.75 Å². The lowest BCUT2D eigenvalue weighted by Crippen LogP contribution is -2.49. The molecular formula is C21H28N2O4S. The highest BCUT2D eigenvalue weighted by Crippen LogP contribution is 2.25. The van der Waals surface area contributed by atoms with E-state index in [0.29, 0.717) is 37.4 Å². The van der Waals surface area contributed by atoms with Gasteiger partial charge in [-0.25, -0.2) is 8.42 Å². The molecule has 152 valence electrons. The molecular weight excluding hydrogens is 376 g/mol. The number of nitrogens with zero attached hydrogens (tertiary/aromatic N) is 1. The van der Waals surface area contributed by atoms with E-state index in [-0.39, 0.29) is 5.91 Å². The van der Waals surface area contributed by atoms with Gasteiger partial charge in [-0.1, -0.05) is 37.3 Å². The van der Waals surface area contributed by atoms with Gasteiger partial charge in [0.2, 0.25) is 15.9 Å². The Labute approximate surface area is 167 Å². The van der Waals surface area contributed by atoms with E-state index in [2.05, 4.69) is 5.32 Å². The minimum Gasteiger partial charge on any atom is -0.494 e. The van der Waals surface area contributed by atoms with E-state index in [1.807, 2.05) is 37.3 Å². The van der Waals surface area contributed by atoms with Gasteiger partial charge in [-0.15, -0.1) is 0 Å². The highest BCUT2D eigenvalue weighted by Gasteiger charge is 2.31. The minimum absolute atomic E-state index is 0.308. The van der Waals surface area contributed by atoms with Crippen molar-refractivity contribution in [1.29, 1.82) is 0 Å². The Bertz CT molecular complexity index is 852. The number of anilines is 1. The molecule has 6 nitrogen and oxygen atoms in total. The predicted molar refractivity (Wildman–Crippen MR) is 112 cm³/mol. The number of ether oxygens (including phenoxy) is 1. The Hall–Kier alpha value is -2.54. The van der Waals surface area contributed by atoms with Crippen molar-refractivity contribution < 1.29 is 17.9 Å². The van der Waals surface area contributed by atoms with Crippen LogP contribution in [0.15, 0.2) is 54.6 Å². The van der Waals surface area contributed by atoms with E-state index in [1.165, 1.54) is 4.31 Å². The number of rotatable bonds is 10. The van der Waals surface area contributed by atoms with Crippen LogP contribution >= 0.6 is 0 Å². The molecule has 0 heterocycles. The third kappa shape index (κ3) is 5.99. The first-order chi connectivity index (χ1) is 13.4. The maximum absolute atomic E-state index is 12.8. The number of hydrogen-bond donors (Lipinski definition) is 1. The van der Waals surface area contributed by atoms with Crippen molar-refractivity contribution in [3.05, 3.63) is 60.2 Å². The van der Waals surface area contributed by atoms with Crippen LogP contribution in [0.1, 0.15) is 25.8 Å². The molecule has 0 spiro atoms. The summed E-state index contributed by atoms with van der Waals surface area (Å²) in [5.41, 5.74) is 1.55. The third-order valence-electron chi connectivity index (χ3n) is 4.29. The smallest absolute Gasteiger partial charge is 0.243 e. The fraction of sp³-hybridized carbons (Fsp3) is 0.381. The fourth-order valence-corrected chi connectivity index (χ4v) is 4.22. The zero-order chi connectivity index (χ0) is 20.6. The molecule has 0 aliphatic rings. The zero-order valence-corrected chi connectivity index (χ0v) is 17.4. The van der Waals surface area contributed by atoms with Gasteiger partial charge < -0.3 is 10.1 Å². The van der Waals surface area contributed by atoms with Gasteiger partial charge in [0.05, 0.1) is 18.6 Å². The predicted octanol–water partition coefficient (Wildman–Crippen LogP) is 2.99. The van der Waals surface area contributed by atoms with Crippen molar-refractivity contribution >= 4 is 21.6 Å². The average molecular weight is 405 g/mol. The summed E-state index contributed by atoms with van der Waals surface area (Å²) in [4.78, 5) is 12.8. The number of sulfonamides is 1. The van der Waals surface area contributed by atoms with E-state index >= 15 is 0 Å². The van der Waals surface area contributed by atoms with Gasteiger partial charge in [-0.05, 0) is 49.6 Å². The standard InChI is InChI=1S/C21H28N2O4S/c1-4-20(21(24)22-16-15-17-9-7-6-8-10-17)23(28(3,25)26)18-11-13-19(14-12-18)27-5-2/h6-14,20H,4-5,15-16H2,1-3H3,(H,22,24)/t20-/m1/s1. The SMILES string of the molecule is CCOc1ccc(N([C@H](CC)C(=O)NCCc2ccccc2)S(C)(=O)=O)cc1. The summed E-state index contributed by atoms with van der Waals surface area (Å²) in [5.74, 6) is 0.345. The lowest BCUT2D eigenvalue weighted by Gasteiger charge is -2.30. The number of nitrogens with one attached hydrogen (secondary N) is 1. The second-order valence-electron chi connectivity index (χ2n) is 6.44. The number of benzene rings is 2. The number of carbonyl (C=O) groups is 1. The third-order valence-corrected chi connectivity index (χ3v) is 5.47. The Morgan fingerprint density at radius 1 is 1.07 bits per heavy atom. The molecule has 0 aliphatic heterocycles. The Morgan fingerprint density at radius 2 is 1.71 bits per heavy atom. The normalized spacial score (nSPS) is 12.2. The summed E-state index contributed by atoms with van der Waals surface area (Å²) in [6, 6.07) is 15.7. The first kappa shape index (κ1) is 21.8. The maximum Gasteiger partial charge on any atom is 0.243 e. The van der Waals surface area contributed by atoms with E-state index in [9.17, 15) is 13.2 Å². The van der Waals surface area contributed by atoms with Crippen molar-refractivity contribution in [1.82, 2.24) is 5.32 Å². The van der Waals surface area contributed by atoms with Crippen LogP contribution in [0.5, 0.6) is 5.75 Å². The van der Waals surface area contributed by atoms with Gasteiger partial charge in [0, 0.05) is 6.54 Å². The summed E-state index contributed by atoms with van der Waals surface area (Å²) in [6.45, 7) is 4.65. The van der Waals surface area contributed by atoms with Gasteiger partial charge in [-0.3, -0.25) is 9.10 Å². The molecule has 0 bridgehead atoms. The molecule has 28 heavy (non-hydrogen) atoms. The molecule has 0 fully saturated rings. The van der Waals surface area contributed by atoms with Gasteiger partial charge >= 0.3 is 0 Å². The van der Waals surface area contributed by atoms with Crippen molar-refractivity contribution in [2.24, 2.45) is 0 Å². The molecule has 1 amide bonds.